The van der Waals surface area contributed by atoms with Gasteiger partial charge in [0.15, 0.2) is 0 Å². The molecule has 22 heavy (non-hydrogen) atoms. The summed E-state index contributed by atoms with van der Waals surface area (Å²) in [6.45, 7) is 10.3. The highest BCUT2D eigenvalue weighted by Crippen LogP contribution is 2.15. The maximum atomic E-state index is 12.2. The molecule has 126 valence electrons. The van der Waals surface area contributed by atoms with Gasteiger partial charge in [0.25, 0.3) is 0 Å². The van der Waals surface area contributed by atoms with E-state index in [1.165, 1.54) is 15.9 Å². The third-order valence-corrected chi connectivity index (χ3v) is 3.09. The van der Waals surface area contributed by atoms with E-state index in [0.29, 0.717) is 26.2 Å². The standard InChI is InChI=1S/C15H26N2O5/c1-5-8-21-13(19)16-6-7-17(10-12(9-16)11-18)14(20)22-15(2,3)4/h5,12,18H,1,6-11H2,2-4H3. The van der Waals surface area contributed by atoms with Gasteiger partial charge in [-0.3, -0.25) is 0 Å². The zero-order valence-corrected chi connectivity index (χ0v) is 13.6. The Morgan fingerprint density at radius 3 is 2.23 bits per heavy atom. The predicted molar refractivity (Wildman–Crippen MR) is 81.5 cm³/mol. The topological polar surface area (TPSA) is 79.3 Å². The summed E-state index contributed by atoms with van der Waals surface area (Å²) in [6.07, 6.45) is 0.586. The maximum Gasteiger partial charge on any atom is 0.410 e. The lowest BCUT2D eigenvalue weighted by Crippen LogP contribution is -2.40. The first-order chi connectivity index (χ1) is 10.3. The molecule has 2 amide bonds. The molecule has 1 aliphatic rings. The van der Waals surface area contributed by atoms with Gasteiger partial charge in [-0.2, -0.15) is 0 Å². The first kappa shape index (κ1) is 18.3. The fourth-order valence-electron chi connectivity index (χ4n) is 2.10. The molecule has 1 fully saturated rings. The Morgan fingerprint density at radius 2 is 1.77 bits per heavy atom. The first-order valence-corrected chi connectivity index (χ1v) is 7.38. The number of hydrogen-bond donors (Lipinski definition) is 1. The van der Waals surface area contributed by atoms with Crippen LogP contribution in [0.4, 0.5) is 9.59 Å². The van der Waals surface area contributed by atoms with Crippen molar-refractivity contribution >= 4 is 12.2 Å². The molecule has 7 nitrogen and oxygen atoms in total. The number of amides is 2. The SMILES string of the molecule is C=CCOC(=O)N1CCN(C(=O)OC(C)(C)C)CC(CO)C1. The number of ether oxygens (including phenoxy) is 2. The van der Waals surface area contributed by atoms with Crippen LogP contribution in [0, 0.1) is 5.92 Å². The lowest BCUT2D eigenvalue weighted by molar-refractivity contribution is 0.0226. The molecule has 1 unspecified atom stereocenters. The molecule has 0 saturated carbocycles. The molecule has 1 heterocycles. The molecule has 1 saturated heterocycles. The number of carbonyl (C=O) groups is 2. The van der Waals surface area contributed by atoms with Gasteiger partial charge in [0.2, 0.25) is 0 Å². The summed E-state index contributed by atoms with van der Waals surface area (Å²) in [7, 11) is 0. The Morgan fingerprint density at radius 1 is 1.23 bits per heavy atom. The summed E-state index contributed by atoms with van der Waals surface area (Å²) in [5, 5.41) is 9.45. The van der Waals surface area contributed by atoms with Crippen molar-refractivity contribution in [2.24, 2.45) is 5.92 Å². The lowest BCUT2D eigenvalue weighted by Gasteiger charge is -2.27. The summed E-state index contributed by atoms with van der Waals surface area (Å²) in [5.41, 5.74) is -0.583. The highest BCUT2D eigenvalue weighted by Gasteiger charge is 2.30. The van der Waals surface area contributed by atoms with E-state index >= 15 is 0 Å². The van der Waals surface area contributed by atoms with Crippen molar-refractivity contribution in [3.05, 3.63) is 12.7 Å². The number of aliphatic hydroxyl groups excluding tert-OH is 1. The van der Waals surface area contributed by atoms with E-state index < -0.39 is 17.8 Å². The van der Waals surface area contributed by atoms with Crippen LogP contribution in [-0.4, -0.2) is 72.1 Å². The van der Waals surface area contributed by atoms with E-state index in [0.717, 1.165) is 0 Å². The molecule has 0 aromatic heterocycles. The van der Waals surface area contributed by atoms with E-state index in [2.05, 4.69) is 6.58 Å². The van der Waals surface area contributed by atoms with Crippen LogP contribution in [0.25, 0.3) is 0 Å². The summed E-state index contributed by atoms with van der Waals surface area (Å²) in [5.74, 6) is -0.230. The Balaban J connectivity index is 2.69. The highest BCUT2D eigenvalue weighted by molar-refractivity contribution is 5.69. The van der Waals surface area contributed by atoms with Crippen molar-refractivity contribution in [1.82, 2.24) is 9.80 Å². The van der Waals surface area contributed by atoms with Gasteiger partial charge in [-0.25, -0.2) is 9.59 Å². The number of hydrogen-bond acceptors (Lipinski definition) is 5. The van der Waals surface area contributed by atoms with E-state index in [9.17, 15) is 14.7 Å². The van der Waals surface area contributed by atoms with Crippen molar-refractivity contribution < 1.29 is 24.2 Å². The second-order valence-electron chi connectivity index (χ2n) is 6.29. The van der Waals surface area contributed by atoms with E-state index in [-0.39, 0.29) is 19.1 Å². The third-order valence-electron chi connectivity index (χ3n) is 3.09. The fourth-order valence-corrected chi connectivity index (χ4v) is 2.10. The van der Waals surface area contributed by atoms with Gasteiger partial charge in [-0.15, -0.1) is 0 Å². The van der Waals surface area contributed by atoms with Gasteiger partial charge in [-0.1, -0.05) is 12.7 Å². The van der Waals surface area contributed by atoms with E-state index in [1.807, 2.05) is 0 Å². The van der Waals surface area contributed by atoms with Gasteiger partial charge in [0, 0.05) is 38.7 Å². The minimum Gasteiger partial charge on any atom is -0.445 e. The molecule has 0 aliphatic carbocycles. The normalized spacial score (nSPS) is 19.4. The number of rotatable bonds is 3. The zero-order chi connectivity index (χ0) is 16.8. The fraction of sp³-hybridized carbons (Fsp3) is 0.733. The summed E-state index contributed by atoms with van der Waals surface area (Å²) in [4.78, 5) is 27.1. The van der Waals surface area contributed by atoms with Crippen LogP contribution in [-0.2, 0) is 9.47 Å². The van der Waals surface area contributed by atoms with Crippen molar-refractivity contribution in [2.75, 3.05) is 39.4 Å². The van der Waals surface area contributed by atoms with Crippen molar-refractivity contribution in [2.45, 2.75) is 26.4 Å². The van der Waals surface area contributed by atoms with Crippen molar-refractivity contribution in [3.8, 4) is 0 Å². The second kappa shape index (κ2) is 8.03. The molecule has 0 radical (unpaired) electrons. The Bertz CT molecular complexity index is 405. The molecule has 1 aliphatic heterocycles. The van der Waals surface area contributed by atoms with Crippen LogP contribution in [0.15, 0.2) is 12.7 Å². The maximum absolute atomic E-state index is 12.2. The smallest absolute Gasteiger partial charge is 0.410 e. The number of carbonyl (C=O) groups excluding carboxylic acids is 2. The largest absolute Gasteiger partial charge is 0.445 e. The van der Waals surface area contributed by atoms with Crippen molar-refractivity contribution in [3.63, 3.8) is 0 Å². The minimum atomic E-state index is -0.583. The van der Waals surface area contributed by atoms with Crippen LogP contribution in [0.3, 0.4) is 0 Å². The minimum absolute atomic E-state index is 0.120. The second-order valence-corrected chi connectivity index (χ2v) is 6.29. The van der Waals surface area contributed by atoms with E-state index in [4.69, 9.17) is 9.47 Å². The summed E-state index contributed by atoms with van der Waals surface area (Å²) in [6, 6.07) is 0. The Labute approximate surface area is 131 Å². The molecule has 0 aromatic rings. The van der Waals surface area contributed by atoms with Crippen LogP contribution in [0.5, 0.6) is 0 Å². The highest BCUT2D eigenvalue weighted by atomic mass is 16.6. The summed E-state index contributed by atoms with van der Waals surface area (Å²) >= 11 is 0. The van der Waals surface area contributed by atoms with Gasteiger partial charge in [0.05, 0.1) is 0 Å². The summed E-state index contributed by atoms with van der Waals surface area (Å²) < 4.78 is 10.4. The molecule has 1 atom stereocenters. The molecule has 0 bridgehead atoms. The quantitative estimate of drug-likeness (QED) is 0.798. The molecule has 1 N–H and O–H groups in total. The number of nitrogens with zero attached hydrogens (tertiary/aromatic N) is 2. The molecular weight excluding hydrogens is 288 g/mol. The molecular formula is C15H26N2O5. The predicted octanol–water partition coefficient (Wildman–Crippen LogP) is 1.47. The van der Waals surface area contributed by atoms with Crippen molar-refractivity contribution in [1.29, 1.82) is 0 Å². The molecule has 0 aromatic carbocycles. The molecule has 7 heteroatoms. The first-order valence-electron chi connectivity index (χ1n) is 7.38. The van der Waals surface area contributed by atoms with Crippen LogP contribution in [0.2, 0.25) is 0 Å². The monoisotopic (exact) mass is 314 g/mol. The van der Waals surface area contributed by atoms with Crippen LogP contribution >= 0.6 is 0 Å². The Kier molecular flexibility index (Phi) is 6.67. The number of aliphatic hydroxyl groups is 1. The Hall–Kier alpha value is -1.76. The third kappa shape index (κ3) is 5.93. The van der Waals surface area contributed by atoms with Crippen LogP contribution in [0.1, 0.15) is 20.8 Å². The average molecular weight is 314 g/mol. The van der Waals surface area contributed by atoms with Gasteiger partial charge >= 0.3 is 12.2 Å². The van der Waals surface area contributed by atoms with Gasteiger partial charge in [0.1, 0.15) is 12.2 Å². The van der Waals surface area contributed by atoms with E-state index in [1.54, 1.807) is 20.8 Å². The van der Waals surface area contributed by atoms with Gasteiger partial charge < -0.3 is 24.4 Å². The average Bonchev–Trinajstić information content (AvgIpc) is 2.65. The lowest BCUT2D eigenvalue weighted by atomic mass is 10.1. The van der Waals surface area contributed by atoms with Crippen LogP contribution < -0.4 is 0 Å². The molecule has 0 spiro atoms. The zero-order valence-electron chi connectivity index (χ0n) is 13.6. The van der Waals surface area contributed by atoms with Gasteiger partial charge in [-0.05, 0) is 20.8 Å². The molecule has 1 rings (SSSR count).